The van der Waals surface area contributed by atoms with Crippen molar-refractivity contribution in [3.05, 3.63) is 38.0 Å². The maximum Gasteiger partial charge on any atom is 0.251 e. The molecule has 0 spiro atoms. The molecule has 0 aromatic carbocycles. The molecule has 0 radical (unpaired) electrons. The Balaban J connectivity index is 2.24. The molecule has 6 heteroatoms. The van der Waals surface area contributed by atoms with E-state index < -0.39 is 0 Å². The molecule has 96 valence electrons. The van der Waals surface area contributed by atoms with Crippen molar-refractivity contribution in [3.8, 4) is 10.7 Å². The zero-order valence-corrected chi connectivity index (χ0v) is 12.4. The van der Waals surface area contributed by atoms with E-state index in [0.29, 0.717) is 12.4 Å². The van der Waals surface area contributed by atoms with Crippen LogP contribution in [-0.2, 0) is 6.54 Å². The van der Waals surface area contributed by atoms with Gasteiger partial charge in [-0.25, -0.2) is 4.98 Å². The lowest BCUT2D eigenvalue weighted by molar-refractivity contribution is 0.663. The largest absolute Gasteiger partial charge is 0.311 e. The van der Waals surface area contributed by atoms with Crippen LogP contribution >= 0.6 is 27.3 Å². The van der Waals surface area contributed by atoms with Crippen molar-refractivity contribution in [2.75, 3.05) is 6.54 Å². The number of nitrogens with one attached hydrogen (secondary N) is 2. The highest BCUT2D eigenvalue weighted by atomic mass is 79.9. The summed E-state index contributed by atoms with van der Waals surface area (Å²) in [5.74, 6) is 0.631. The fraction of sp³-hybridized carbons (Fsp3) is 0.333. The number of thiophene rings is 1. The highest BCUT2D eigenvalue weighted by molar-refractivity contribution is 9.11. The summed E-state index contributed by atoms with van der Waals surface area (Å²) in [4.78, 5) is 19.8. The molecule has 18 heavy (non-hydrogen) atoms. The Hall–Kier alpha value is -0.980. The summed E-state index contributed by atoms with van der Waals surface area (Å²) < 4.78 is 1.02. The molecule has 2 N–H and O–H groups in total. The highest BCUT2D eigenvalue weighted by Gasteiger charge is 2.06. The molecule has 0 aliphatic heterocycles. The third-order valence-corrected chi connectivity index (χ3v) is 3.96. The number of H-pyrrole nitrogens is 1. The quantitative estimate of drug-likeness (QED) is 0.830. The molecule has 2 rings (SSSR count). The van der Waals surface area contributed by atoms with Crippen molar-refractivity contribution < 1.29 is 0 Å². The van der Waals surface area contributed by atoms with Crippen molar-refractivity contribution in [1.29, 1.82) is 0 Å². The second kappa shape index (κ2) is 6.26. The van der Waals surface area contributed by atoms with Crippen molar-refractivity contribution in [1.82, 2.24) is 15.3 Å². The lowest BCUT2D eigenvalue weighted by Crippen LogP contribution is -2.18. The lowest BCUT2D eigenvalue weighted by atomic mass is 10.3. The van der Waals surface area contributed by atoms with Gasteiger partial charge in [0.2, 0.25) is 0 Å². The maximum atomic E-state index is 11.6. The van der Waals surface area contributed by atoms with Crippen LogP contribution in [0.5, 0.6) is 0 Å². The molecule has 2 aromatic heterocycles. The van der Waals surface area contributed by atoms with Gasteiger partial charge in [-0.15, -0.1) is 11.3 Å². The number of aromatic amines is 1. The normalized spacial score (nSPS) is 10.8. The van der Waals surface area contributed by atoms with Crippen LogP contribution in [0.25, 0.3) is 10.7 Å². The van der Waals surface area contributed by atoms with Crippen LogP contribution < -0.4 is 10.9 Å². The summed E-state index contributed by atoms with van der Waals surface area (Å²) in [6.07, 6.45) is 1.06. The van der Waals surface area contributed by atoms with Gasteiger partial charge in [-0.05, 0) is 41.0 Å². The Labute approximate surface area is 118 Å². The number of hydrogen-bond donors (Lipinski definition) is 2. The van der Waals surface area contributed by atoms with Crippen molar-refractivity contribution in [2.45, 2.75) is 19.9 Å². The first-order valence-electron chi connectivity index (χ1n) is 5.75. The van der Waals surface area contributed by atoms with Gasteiger partial charge < -0.3 is 10.3 Å². The highest BCUT2D eigenvalue weighted by Crippen LogP contribution is 2.28. The van der Waals surface area contributed by atoms with Crippen LogP contribution in [-0.4, -0.2) is 16.5 Å². The van der Waals surface area contributed by atoms with Crippen LogP contribution in [0.2, 0.25) is 0 Å². The Morgan fingerprint density at radius 2 is 2.33 bits per heavy atom. The molecule has 0 aliphatic carbocycles. The van der Waals surface area contributed by atoms with Gasteiger partial charge >= 0.3 is 0 Å². The van der Waals surface area contributed by atoms with Gasteiger partial charge in [-0.2, -0.15) is 0 Å². The molecule has 0 bridgehead atoms. The molecular weight excluding hydrogens is 314 g/mol. The van der Waals surface area contributed by atoms with Gasteiger partial charge in [-0.1, -0.05) is 6.92 Å². The number of aromatic nitrogens is 2. The first-order valence-corrected chi connectivity index (χ1v) is 7.36. The van der Waals surface area contributed by atoms with Crippen LogP contribution in [0.4, 0.5) is 0 Å². The minimum Gasteiger partial charge on any atom is -0.311 e. The lowest BCUT2D eigenvalue weighted by Gasteiger charge is -2.04. The minimum absolute atomic E-state index is 0.113. The summed E-state index contributed by atoms with van der Waals surface area (Å²) in [6.45, 7) is 3.65. The second-order valence-corrected chi connectivity index (χ2v) is 6.33. The standard InChI is InChI=1S/C12H14BrN3OS/c1-2-5-14-7-8-6-11(17)16-12(15-8)9-3-4-10(13)18-9/h3-4,6,14H,2,5,7H2,1H3,(H,15,16,17). The van der Waals surface area contributed by atoms with E-state index in [0.717, 1.165) is 27.3 Å². The summed E-state index contributed by atoms with van der Waals surface area (Å²) in [5.41, 5.74) is 0.657. The molecule has 0 atom stereocenters. The number of nitrogens with zero attached hydrogens (tertiary/aromatic N) is 1. The summed E-state index contributed by atoms with van der Waals surface area (Å²) in [6, 6.07) is 5.42. The Morgan fingerprint density at radius 3 is 3.00 bits per heavy atom. The Kier molecular flexibility index (Phi) is 4.68. The molecule has 4 nitrogen and oxygen atoms in total. The molecule has 0 saturated carbocycles. The van der Waals surface area contributed by atoms with E-state index in [4.69, 9.17) is 0 Å². The predicted molar refractivity (Wildman–Crippen MR) is 77.9 cm³/mol. The third-order valence-electron chi connectivity index (χ3n) is 2.33. The van der Waals surface area contributed by atoms with Crippen LogP contribution in [0.3, 0.4) is 0 Å². The number of hydrogen-bond acceptors (Lipinski definition) is 4. The topological polar surface area (TPSA) is 57.8 Å². The van der Waals surface area contributed by atoms with Gasteiger partial charge in [-0.3, -0.25) is 4.79 Å². The molecule has 0 aliphatic rings. The van der Waals surface area contributed by atoms with Crippen LogP contribution in [0.15, 0.2) is 26.8 Å². The smallest absolute Gasteiger partial charge is 0.251 e. The van der Waals surface area contributed by atoms with Crippen molar-refractivity contribution in [3.63, 3.8) is 0 Å². The molecule has 2 aromatic rings. The first kappa shape index (κ1) is 13.5. The average Bonchev–Trinajstić information content (AvgIpc) is 2.76. The van der Waals surface area contributed by atoms with E-state index in [1.165, 1.54) is 6.07 Å². The van der Waals surface area contributed by atoms with Gasteiger partial charge in [0.15, 0.2) is 5.82 Å². The molecule has 0 amide bonds. The van der Waals surface area contributed by atoms with Crippen LogP contribution in [0, 0.1) is 0 Å². The van der Waals surface area contributed by atoms with E-state index >= 15 is 0 Å². The molecule has 0 saturated heterocycles. The van der Waals surface area contributed by atoms with E-state index in [-0.39, 0.29) is 5.56 Å². The summed E-state index contributed by atoms with van der Waals surface area (Å²) >= 11 is 4.95. The molecule has 2 heterocycles. The van der Waals surface area contributed by atoms with Crippen molar-refractivity contribution >= 4 is 27.3 Å². The monoisotopic (exact) mass is 327 g/mol. The zero-order chi connectivity index (χ0) is 13.0. The van der Waals surface area contributed by atoms with Gasteiger partial charge in [0, 0.05) is 12.6 Å². The molecule has 0 fully saturated rings. The fourth-order valence-corrected chi connectivity index (χ4v) is 2.88. The average molecular weight is 328 g/mol. The van der Waals surface area contributed by atoms with Gasteiger partial charge in [0.05, 0.1) is 14.4 Å². The Bertz CT molecular complexity index is 579. The Morgan fingerprint density at radius 1 is 1.50 bits per heavy atom. The molecular formula is C12H14BrN3OS. The summed E-state index contributed by atoms with van der Waals surface area (Å²) in [5, 5.41) is 3.24. The number of rotatable bonds is 5. The first-order chi connectivity index (χ1) is 8.69. The zero-order valence-electron chi connectivity index (χ0n) is 10.00. The fourth-order valence-electron chi connectivity index (χ4n) is 1.55. The van der Waals surface area contributed by atoms with Gasteiger partial charge in [0.1, 0.15) is 0 Å². The van der Waals surface area contributed by atoms with Crippen LogP contribution in [0.1, 0.15) is 19.0 Å². The maximum absolute atomic E-state index is 11.6. The van der Waals surface area contributed by atoms with E-state index in [1.54, 1.807) is 11.3 Å². The SMILES string of the molecule is CCCNCc1cc(=O)[nH]c(-c2ccc(Br)s2)n1. The minimum atomic E-state index is -0.113. The van der Waals surface area contributed by atoms with E-state index in [2.05, 4.69) is 38.1 Å². The number of halogens is 1. The predicted octanol–water partition coefficient (Wildman–Crippen LogP) is 2.76. The third kappa shape index (κ3) is 3.51. The molecule has 0 unspecified atom stereocenters. The summed E-state index contributed by atoms with van der Waals surface area (Å²) in [7, 11) is 0. The van der Waals surface area contributed by atoms with Crippen molar-refractivity contribution in [2.24, 2.45) is 0 Å². The van der Waals surface area contributed by atoms with E-state index in [1.807, 2.05) is 12.1 Å². The van der Waals surface area contributed by atoms with Gasteiger partial charge in [0.25, 0.3) is 5.56 Å². The van der Waals surface area contributed by atoms with E-state index in [9.17, 15) is 4.79 Å². The second-order valence-electron chi connectivity index (χ2n) is 3.87.